The summed E-state index contributed by atoms with van der Waals surface area (Å²) in [5.41, 5.74) is 17.0. The zero-order valence-electron chi connectivity index (χ0n) is 26.3. The van der Waals surface area contributed by atoms with Crippen LogP contribution in [0.5, 0.6) is 0 Å². The Kier molecular flexibility index (Phi) is 7.11. The van der Waals surface area contributed by atoms with Crippen LogP contribution in [0.15, 0.2) is 170 Å². The summed E-state index contributed by atoms with van der Waals surface area (Å²) in [5, 5.41) is 10.6. The summed E-state index contributed by atoms with van der Waals surface area (Å²) >= 11 is 0. The van der Waals surface area contributed by atoms with E-state index in [0.717, 1.165) is 28.4 Å². The topological polar surface area (TPSA) is 41.3 Å². The van der Waals surface area contributed by atoms with Gasteiger partial charge in [-0.25, -0.2) is 0 Å². The van der Waals surface area contributed by atoms with Gasteiger partial charge >= 0.3 is 0 Å². The minimum absolute atomic E-state index is 0.0767. The third-order valence-corrected chi connectivity index (χ3v) is 13.4. The van der Waals surface area contributed by atoms with E-state index in [1.807, 2.05) is 0 Å². The zero-order valence-corrected chi connectivity index (χ0v) is 28.3. The molecule has 9 rings (SSSR count). The van der Waals surface area contributed by atoms with Crippen LogP contribution in [0.1, 0.15) is 0 Å². The number of hydrogen-bond donors (Lipinski definition) is 2. The number of nitrogens with two attached hydrogens (primary N) is 1. The highest BCUT2D eigenvalue weighted by Gasteiger charge is 2.41. The fraction of sp³-hybridized carbons (Fsp3) is 0. The highest BCUT2D eigenvalue weighted by molar-refractivity contribution is 7.01. The van der Waals surface area contributed by atoms with Crippen LogP contribution in [0.4, 0.5) is 34.1 Å². The molecule has 6 heteroatoms. The van der Waals surface area contributed by atoms with E-state index in [9.17, 15) is 0 Å². The number of anilines is 6. The van der Waals surface area contributed by atoms with Crippen LogP contribution in [0.3, 0.4) is 0 Å². The fourth-order valence-corrected chi connectivity index (χ4v) is 11.0. The fourth-order valence-electron chi connectivity index (χ4n) is 7.38. The lowest BCUT2D eigenvalue weighted by Crippen LogP contribution is -2.62. The van der Waals surface area contributed by atoms with Crippen molar-refractivity contribution in [2.45, 2.75) is 0 Å². The first-order valence-corrected chi connectivity index (χ1v) is 18.8. The molecule has 0 amide bonds. The minimum Gasteiger partial charge on any atom is -0.399 e. The van der Waals surface area contributed by atoms with Crippen molar-refractivity contribution in [2.24, 2.45) is 0 Å². The van der Waals surface area contributed by atoms with E-state index in [1.54, 1.807) is 0 Å². The summed E-state index contributed by atoms with van der Waals surface area (Å²) in [4.78, 5) is 2.42. The standard InChI is InChI=1S/C42H31BN3Si2/c44-29-26-39-42-41(27-29)46(30-20-22-32(23-21-30)47-31-12-4-1-5-13-31)40-25-24-35(28-37(40)43(42)36-18-10-11-19-38(36)45-39)48(33-14-6-2-7-15-33)34-16-8-3-9-17-34/h1-28,45H,44H2. The maximum Gasteiger partial charge on any atom is 0.252 e. The van der Waals surface area contributed by atoms with Gasteiger partial charge in [0.2, 0.25) is 0 Å². The molecule has 2 aliphatic heterocycles. The first-order valence-electron chi connectivity index (χ1n) is 16.3. The van der Waals surface area contributed by atoms with Gasteiger partial charge in [0.15, 0.2) is 8.80 Å². The Hall–Kier alpha value is -5.56. The molecule has 2 aliphatic rings. The number of rotatable bonds is 6. The van der Waals surface area contributed by atoms with Crippen LogP contribution < -0.4 is 58.3 Å². The van der Waals surface area contributed by atoms with Gasteiger partial charge in [-0.3, -0.25) is 0 Å². The average molecular weight is 645 g/mol. The summed E-state index contributed by atoms with van der Waals surface area (Å²) in [7, 11) is -0.651. The maximum atomic E-state index is 6.65. The molecule has 3 N–H and O–H groups in total. The number of nitrogen functional groups attached to an aromatic ring is 1. The highest BCUT2D eigenvalue weighted by Crippen LogP contribution is 2.40. The molecule has 0 bridgehead atoms. The Morgan fingerprint density at radius 3 is 1.85 bits per heavy atom. The second kappa shape index (κ2) is 11.9. The van der Waals surface area contributed by atoms with Crippen molar-refractivity contribution in [3.63, 3.8) is 0 Å². The normalized spacial score (nSPS) is 12.6. The smallest absolute Gasteiger partial charge is 0.252 e. The zero-order chi connectivity index (χ0) is 32.0. The Balaban J connectivity index is 1.24. The van der Waals surface area contributed by atoms with E-state index in [4.69, 9.17) is 5.73 Å². The van der Waals surface area contributed by atoms with E-state index >= 15 is 0 Å². The van der Waals surface area contributed by atoms with E-state index in [2.05, 4.69) is 180 Å². The summed E-state index contributed by atoms with van der Waals surface area (Å²) in [5.74, 6) is 0. The molecule has 0 fully saturated rings. The van der Waals surface area contributed by atoms with Crippen LogP contribution in [-0.4, -0.2) is 25.0 Å². The van der Waals surface area contributed by atoms with Crippen molar-refractivity contribution in [1.82, 2.24) is 0 Å². The predicted octanol–water partition coefficient (Wildman–Crippen LogP) is 3.80. The van der Waals surface area contributed by atoms with Gasteiger partial charge in [0.05, 0.1) is 0 Å². The molecule has 225 valence electrons. The van der Waals surface area contributed by atoms with Crippen molar-refractivity contribution >= 4 is 101 Å². The Bertz CT molecular complexity index is 2220. The largest absolute Gasteiger partial charge is 0.399 e. The summed E-state index contributed by atoms with van der Waals surface area (Å²) in [6, 6.07) is 62.1. The highest BCUT2D eigenvalue weighted by atomic mass is 28.3. The van der Waals surface area contributed by atoms with Gasteiger partial charge in [0.25, 0.3) is 6.71 Å². The molecule has 0 aromatic heterocycles. The van der Waals surface area contributed by atoms with Gasteiger partial charge < -0.3 is 16.0 Å². The number of benzene rings is 7. The van der Waals surface area contributed by atoms with Gasteiger partial charge in [-0.15, -0.1) is 0 Å². The lowest BCUT2D eigenvalue weighted by atomic mass is 9.33. The molecule has 3 radical (unpaired) electrons. The van der Waals surface area contributed by atoms with Crippen LogP contribution in [0.25, 0.3) is 0 Å². The van der Waals surface area contributed by atoms with Crippen LogP contribution >= 0.6 is 0 Å². The number of nitrogens with one attached hydrogen (secondary N) is 1. The molecular formula is C42H31BN3Si2. The van der Waals surface area contributed by atoms with E-state index in [0.29, 0.717) is 9.52 Å². The second-order valence-corrected chi connectivity index (χ2v) is 16.3. The lowest BCUT2D eigenvalue weighted by molar-refractivity contribution is 1.29. The molecule has 0 saturated heterocycles. The third-order valence-electron chi connectivity index (χ3n) is 9.43. The molecular weight excluding hydrogens is 613 g/mol. The summed E-state index contributed by atoms with van der Waals surface area (Å²) < 4.78 is 0. The lowest BCUT2D eigenvalue weighted by Gasteiger charge is -2.41. The van der Waals surface area contributed by atoms with Crippen molar-refractivity contribution in [2.75, 3.05) is 16.0 Å². The summed E-state index contributed by atoms with van der Waals surface area (Å²) in [6.45, 7) is 0.0767. The quantitative estimate of drug-likeness (QED) is 0.165. The van der Waals surface area contributed by atoms with Gasteiger partial charge in [-0.05, 0) is 52.8 Å². The van der Waals surface area contributed by atoms with Crippen LogP contribution in [0.2, 0.25) is 0 Å². The van der Waals surface area contributed by atoms with Gasteiger partial charge in [-0.2, -0.15) is 0 Å². The number of fused-ring (bicyclic) bond motifs is 4. The van der Waals surface area contributed by atoms with Crippen molar-refractivity contribution < 1.29 is 0 Å². The van der Waals surface area contributed by atoms with Crippen molar-refractivity contribution in [3.8, 4) is 0 Å². The molecule has 0 spiro atoms. The maximum absolute atomic E-state index is 6.65. The van der Waals surface area contributed by atoms with Gasteiger partial charge in [0.1, 0.15) is 9.52 Å². The Morgan fingerprint density at radius 2 is 1.15 bits per heavy atom. The first-order chi connectivity index (χ1) is 23.7. The molecule has 0 atom stereocenters. The van der Waals surface area contributed by atoms with Crippen molar-refractivity contribution in [3.05, 3.63) is 170 Å². The number of hydrogen-bond acceptors (Lipinski definition) is 3. The number of para-hydroxylation sites is 1. The van der Waals surface area contributed by atoms with E-state index < -0.39 is 8.80 Å². The monoisotopic (exact) mass is 644 g/mol. The van der Waals surface area contributed by atoms with Gasteiger partial charge in [-0.1, -0.05) is 159 Å². The van der Waals surface area contributed by atoms with Crippen LogP contribution in [-0.2, 0) is 0 Å². The Morgan fingerprint density at radius 1 is 0.521 bits per heavy atom. The molecule has 0 aliphatic carbocycles. The molecule has 0 unspecified atom stereocenters. The van der Waals surface area contributed by atoms with E-state index in [-0.39, 0.29) is 6.71 Å². The second-order valence-electron chi connectivity index (χ2n) is 12.4. The van der Waals surface area contributed by atoms with Crippen LogP contribution in [0, 0.1) is 0 Å². The van der Waals surface area contributed by atoms with E-state index in [1.165, 1.54) is 48.0 Å². The average Bonchev–Trinajstić information content (AvgIpc) is 3.13. The third kappa shape index (κ3) is 4.98. The summed E-state index contributed by atoms with van der Waals surface area (Å²) in [6.07, 6.45) is 0. The van der Waals surface area contributed by atoms with Gasteiger partial charge in [0, 0.05) is 34.1 Å². The molecule has 7 aromatic carbocycles. The molecule has 3 nitrogen and oxygen atoms in total. The first kappa shape index (κ1) is 28.6. The number of nitrogens with zero attached hydrogens (tertiary/aromatic N) is 1. The minimum atomic E-state index is -1.26. The Labute approximate surface area is 286 Å². The van der Waals surface area contributed by atoms with Crippen molar-refractivity contribution in [1.29, 1.82) is 0 Å². The molecule has 2 heterocycles. The molecule has 7 aromatic rings. The molecule has 48 heavy (non-hydrogen) atoms. The molecule has 0 saturated carbocycles. The predicted molar refractivity (Wildman–Crippen MR) is 209 cm³/mol. The SMILES string of the molecule is Nc1cc2c3c(c1)N(c1ccc([Si]c4ccccc4)cc1)c1ccc([Si](c4ccccc4)c4ccccc4)cc1B3c1ccccc1N2.